The lowest BCUT2D eigenvalue weighted by molar-refractivity contribution is -0.120. The Kier molecular flexibility index (Phi) is 6.60. The van der Waals surface area contributed by atoms with Crippen LogP contribution in [-0.4, -0.2) is 24.3 Å². The summed E-state index contributed by atoms with van der Waals surface area (Å²) in [5, 5.41) is 6.07. The van der Waals surface area contributed by atoms with Gasteiger partial charge in [0.25, 0.3) is 0 Å². The Hall–Kier alpha value is -2.57. The van der Waals surface area contributed by atoms with Crippen LogP contribution < -0.4 is 15.5 Å². The third kappa shape index (κ3) is 5.75. The van der Waals surface area contributed by atoms with Crippen LogP contribution in [0.25, 0.3) is 0 Å². The molecule has 0 atom stereocenters. The highest BCUT2D eigenvalue weighted by Crippen LogP contribution is 2.23. The van der Waals surface area contributed by atoms with Crippen molar-refractivity contribution in [2.24, 2.45) is 0 Å². The third-order valence-corrected chi connectivity index (χ3v) is 3.74. The van der Waals surface area contributed by atoms with E-state index in [0.717, 1.165) is 0 Å². The summed E-state index contributed by atoms with van der Waals surface area (Å²) in [6.45, 7) is 2.54. The standard InChI is InChI=1S/C18H17Cl2N3O3/c1-11(24)21-15-4-3-5-17(9-15)23(12(2)25)10-18(26)22-16-7-13(19)6-14(20)8-16/h3-9H,10H2,1-2H3,(H,21,24)(H,22,26). The highest BCUT2D eigenvalue weighted by Gasteiger charge is 2.17. The molecule has 2 N–H and O–H groups in total. The molecular formula is C18H17Cl2N3O3. The van der Waals surface area contributed by atoms with Crippen LogP contribution in [0.15, 0.2) is 42.5 Å². The van der Waals surface area contributed by atoms with Crippen molar-refractivity contribution in [2.45, 2.75) is 13.8 Å². The van der Waals surface area contributed by atoms with E-state index in [1.165, 1.54) is 18.7 Å². The van der Waals surface area contributed by atoms with Crippen molar-refractivity contribution in [3.05, 3.63) is 52.5 Å². The molecule has 26 heavy (non-hydrogen) atoms. The first-order valence-corrected chi connectivity index (χ1v) is 8.42. The Morgan fingerprint density at radius 1 is 0.923 bits per heavy atom. The zero-order chi connectivity index (χ0) is 19.3. The number of hydrogen-bond acceptors (Lipinski definition) is 3. The summed E-state index contributed by atoms with van der Waals surface area (Å²) in [5.74, 6) is -0.959. The van der Waals surface area contributed by atoms with E-state index >= 15 is 0 Å². The first-order valence-electron chi connectivity index (χ1n) is 7.66. The average molecular weight is 394 g/mol. The van der Waals surface area contributed by atoms with Crippen molar-refractivity contribution in [1.29, 1.82) is 0 Å². The van der Waals surface area contributed by atoms with Gasteiger partial charge in [-0.25, -0.2) is 0 Å². The fraction of sp³-hybridized carbons (Fsp3) is 0.167. The van der Waals surface area contributed by atoms with Crippen molar-refractivity contribution >= 4 is 58.0 Å². The van der Waals surface area contributed by atoms with E-state index in [-0.39, 0.29) is 18.4 Å². The van der Waals surface area contributed by atoms with Gasteiger partial charge in [0.15, 0.2) is 0 Å². The number of benzene rings is 2. The van der Waals surface area contributed by atoms with Crippen LogP contribution in [0.5, 0.6) is 0 Å². The lowest BCUT2D eigenvalue weighted by atomic mass is 10.2. The molecule has 8 heteroatoms. The van der Waals surface area contributed by atoms with Crippen LogP contribution >= 0.6 is 23.2 Å². The van der Waals surface area contributed by atoms with Crippen LogP contribution in [0.1, 0.15) is 13.8 Å². The number of carbonyl (C=O) groups is 3. The highest BCUT2D eigenvalue weighted by molar-refractivity contribution is 6.35. The third-order valence-electron chi connectivity index (χ3n) is 3.31. The minimum Gasteiger partial charge on any atom is -0.326 e. The molecule has 0 bridgehead atoms. The molecule has 0 saturated heterocycles. The van der Waals surface area contributed by atoms with E-state index in [1.807, 2.05) is 0 Å². The fourth-order valence-electron chi connectivity index (χ4n) is 2.31. The molecule has 0 radical (unpaired) electrons. The van der Waals surface area contributed by atoms with E-state index in [9.17, 15) is 14.4 Å². The molecule has 0 fully saturated rings. The van der Waals surface area contributed by atoms with E-state index < -0.39 is 5.91 Å². The highest BCUT2D eigenvalue weighted by atomic mass is 35.5. The number of amides is 3. The van der Waals surface area contributed by atoms with E-state index in [1.54, 1.807) is 42.5 Å². The quantitative estimate of drug-likeness (QED) is 0.806. The van der Waals surface area contributed by atoms with Crippen LogP contribution in [0.4, 0.5) is 17.1 Å². The molecule has 0 aliphatic heterocycles. The lowest BCUT2D eigenvalue weighted by Crippen LogP contribution is -2.36. The van der Waals surface area contributed by atoms with E-state index in [4.69, 9.17) is 23.2 Å². The van der Waals surface area contributed by atoms with Gasteiger partial charge in [0.05, 0.1) is 0 Å². The number of carbonyl (C=O) groups excluding carboxylic acids is 3. The summed E-state index contributed by atoms with van der Waals surface area (Å²) in [6.07, 6.45) is 0. The molecule has 0 aliphatic rings. The minimum absolute atomic E-state index is 0.205. The van der Waals surface area contributed by atoms with E-state index in [2.05, 4.69) is 10.6 Å². The molecule has 0 aromatic heterocycles. The summed E-state index contributed by atoms with van der Waals surface area (Å²) >= 11 is 11.8. The van der Waals surface area contributed by atoms with Gasteiger partial charge in [-0.15, -0.1) is 0 Å². The molecule has 2 rings (SSSR count). The van der Waals surface area contributed by atoms with Gasteiger partial charge in [-0.3, -0.25) is 14.4 Å². The van der Waals surface area contributed by atoms with Gasteiger partial charge >= 0.3 is 0 Å². The summed E-state index contributed by atoms with van der Waals surface area (Å²) in [4.78, 5) is 36.8. The monoisotopic (exact) mass is 393 g/mol. The molecule has 2 aromatic carbocycles. The number of nitrogens with one attached hydrogen (secondary N) is 2. The molecule has 0 unspecified atom stereocenters. The molecule has 136 valence electrons. The van der Waals surface area contributed by atoms with Gasteiger partial charge < -0.3 is 15.5 Å². The zero-order valence-electron chi connectivity index (χ0n) is 14.2. The number of nitrogens with zero attached hydrogens (tertiary/aromatic N) is 1. The van der Waals surface area contributed by atoms with E-state index in [0.29, 0.717) is 27.1 Å². The van der Waals surface area contributed by atoms with Gasteiger partial charge in [0.1, 0.15) is 6.54 Å². The van der Waals surface area contributed by atoms with Crippen LogP contribution in [0.2, 0.25) is 10.0 Å². The Morgan fingerprint density at radius 3 is 2.15 bits per heavy atom. The first-order chi connectivity index (χ1) is 12.2. The Bertz CT molecular complexity index is 835. The lowest BCUT2D eigenvalue weighted by Gasteiger charge is -2.21. The molecule has 0 saturated carbocycles. The van der Waals surface area contributed by atoms with Crippen LogP contribution in [-0.2, 0) is 14.4 Å². The maximum atomic E-state index is 12.3. The van der Waals surface area contributed by atoms with Gasteiger partial charge in [-0.1, -0.05) is 29.3 Å². The Balaban J connectivity index is 2.16. The van der Waals surface area contributed by atoms with Gasteiger partial charge in [-0.2, -0.15) is 0 Å². The second kappa shape index (κ2) is 8.69. The van der Waals surface area contributed by atoms with Gasteiger partial charge in [0, 0.05) is 41.0 Å². The summed E-state index contributed by atoms with van der Waals surface area (Å²) < 4.78 is 0. The second-order valence-electron chi connectivity index (χ2n) is 5.54. The van der Waals surface area contributed by atoms with Crippen molar-refractivity contribution in [1.82, 2.24) is 0 Å². The van der Waals surface area contributed by atoms with Crippen molar-refractivity contribution in [3.8, 4) is 0 Å². The first kappa shape index (κ1) is 19.8. The maximum Gasteiger partial charge on any atom is 0.244 e. The second-order valence-corrected chi connectivity index (χ2v) is 6.42. The number of hydrogen-bond donors (Lipinski definition) is 2. The smallest absolute Gasteiger partial charge is 0.244 e. The fourth-order valence-corrected chi connectivity index (χ4v) is 2.84. The molecule has 0 heterocycles. The summed E-state index contributed by atoms with van der Waals surface area (Å²) in [6, 6.07) is 11.3. The molecule has 2 aromatic rings. The molecular weight excluding hydrogens is 377 g/mol. The van der Waals surface area contributed by atoms with Crippen LogP contribution in [0, 0.1) is 0 Å². The number of rotatable bonds is 5. The topological polar surface area (TPSA) is 78.5 Å². The number of halogens is 2. The zero-order valence-corrected chi connectivity index (χ0v) is 15.7. The predicted octanol–water partition coefficient (Wildman–Crippen LogP) is 3.94. The SMILES string of the molecule is CC(=O)Nc1cccc(N(CC(=O)Nc2cc(Cl)cc(Cl)c2)C(C)=O)c1. The summed E-state index contributed by atoms with van der Waals surface area (Å²) in [7, 11) is 0. The van der Waals surface area contributed by atoms with Crippen molar-refractivity contribution < 1.29 is 14.4 Å². The van der Waals surface area contributed by atoms with Crippen molar-refractivity contribution in [2.75, 3.05) is 22.1 Å². The molecule has 0 spiro atoms. The minimum atomic E-state index is -0.413. The number of anilines is 3. The van der Waals surface area contributed by atoms with Crippen molar-refractivity contribution in [3.63, 3.8) is 0 Å². The Morgan fingerprint density at radius 2 is 1.58 bits per heavy atom. The molecule has 6 nitrogen and oxygen atoms in total. The van der Waals surface area contributed by atoms with Gasteiger partial charge in [-0.05, 0) is 36.4 Å². The molecule has 0 aliphatic carbocycles. The summed E-state index contributed by atoms with van der Waals surface area (Å²) in [5.41, 5.74) is 1.45. The van der Waals surface area contributed by atoms with Gasteiger partial charge in [0.2, 0.25) is 17.7 Å². The van der Waals surface area contributed by atoms with Crippen LogP contribution in [0.3, 0.4) is 0 Å². The average Bonchev–Trinajstić information content (AvgIpc) is 2.50. The molecule has 3 amide bonds. The normalized spacial score (nSPS) is 10.2. The largest absolute Gasteiger partial charge is 0.326 e. The predicted molar refractivity (Wildman–Crippen MR) is 104 cm³/mol. The maximum absolute atomic E-state index is 12.3. The Labute approximate surface area is 161 Å².